The van der Waals surface area contributed by atoms with Crippen LogP contribution in [0.2, 0.25) is 0 Å². The Kier molecular flexibility index (Phi) is 4.25. The highest BCUT2D eigenvalue weighted by Crippen LogP contribution is 2.30. The van der Waals surface area contributed by atoms with Gasteiger partial charge in [-0.15, -0.1) is 0 Å². The molecule has 1 aromatic heterocycles. The van der Waals surface area contributed by atoms with Crippen LogP contribution in [0.3, 0.4) is 0 Å². The Morgan fingerprint density at radius 1 is 1.16 bits per heavy atom. The van der Waals surface area contributed by atoms with Crippen LogP contribution in [-0.2, 0) is 0 Å². The number of hydrogen-bond donors (Lipinski definition) is 0. The zero-order chi connectivity index (χ0) is 17.4. The molecular formula is C20H24N2O3. The highest BCUT2D eigenvalue weighted by molar-refractivity contribution is 5.92. The summed E-state index contributed by atoms with van der Waals surface area (Å²) in [7, 11) is 3.79. The predicted molar refractivity (Wildman–Crippen MR) is 95.7 cm³/mol. The van der Waals surface area contributed by atoms with Crippen molar-refractivity contribution in [3.05, 3.63) is 42.2 Å². The Morgan fingerprint density at radius 3 is 2.88 bits per heavy atom. The number of carbonyl (C=O) groups is 1. The SMILES string of the molecule is COc1cccc(-c2ccc(C(=O)N3C[C@H]4CC[C@@H]3CN(C)C4)o2)c1. The number of carbonyl (C=O) groups excluding carboxylic acids is 1. The lowest BCUT2D eigenvalue weighted by molar-refractivity contribution is 0.0555. The minimum atomic E-state index is 0.0131. The molecule has 5 nitrogen and oxygen atoms in total. The summed E-state index contributed by atoms with van der Waals surface area (Å²) in [6, 6.07) is 11.6. The third kappa shape index (κ3) is 3.16. The average Bonchev–Trinajstić information content (AvgIpc) is 2.98. The maximum Gasteiger partial charge on any atom is 0.289 e. The van der Waals surface area contributed by atoms with E-state index in [1.807, 2.05) is 35.2 Å². The number of benzene rings is 1. The number of likely N-dealkylation sites (N-methyl/N-ethyl adjacent to an activating group) is 1. The van der Waals surface area contributed by atoms with Crippen molar-refractivity contribution in [2.24, 2.45) is 5.92 Å². The van der Waals surface area contributed by atoms with E-state index in [9.17, 15) is 4.79 Å². The normalized spacial score (nSPS) is 23.5. The van der Waals surface area contributed by atoms with Crippen molar-refractivity contribution in [2.75, 3.05) is 33.8 Å². The number of ether oxygens (including phenoxy) is 1. The highest BCUT2D eigenvalue weighted by atomic mass is 16.5. The lowest BCUT2D eigenvalue weighted by atomic mass is 9.95. The van der Waals surface area contributed by atoms with Gasteiger partial charge < -0.3 is 19.0 Å². The molecule has 3 saturated heterocycles. The molecule has 3 aliphatic rings. The topological polar surface area (TPSA) is 45.9 Å². The third-order valence-electron chi connectivity index (χ3n) is 5.33. The van der Waals surface area contributed by atoms with Crippen LogP contribution in [0.25, 0.3) is 11.3 Å². The molecular weight excluding hydrogens is 316 g/mol. The second kappa shape index (κ2) is 6.56. The lowest BCUT2D eigenvalue weighted by Gasteiger charge is -2.35. The summed E-state index contributed by atoms with van der Waals surface area (Å²) in [6.07, 6.45) is 2.30. The zero-order valence-electron chi connectivity index (χ0n) is 14.8. The molecule has 0 unspecified atom stereocenters. The second-order valence-electron chi connectivity index (χ2n) is 7.17. The Hall–Kier alpha value is -2.27. The van der Waals surface area contributed by atoms with E-state index < -0.39 is 0 Å². The van der Waals surface area contributed by atoms with E-state index in [2.05, 4.69) is 11.9 Å². The first kappa shape index (κ1) is 16.2. The molecule has 132 valence electrons. The van der Waals surface area contributed by atoms with Gasteiger partial charge in [-0.05, 0) is 50.1 Å². The molecule has 5 rings (SSSR count). The number of nitrogens with zero attached hydrogens (tertiary/aromatic N) is 2. The standard InChI is InChI=1S/C20H24N2O3/c1-21-11-14-6-7-16(13-21)22(12-14)20(23)19-9-8-18(25-19)15-4-3-5-17(10-15)24-2/h3-5,8-10,14,16H,6-7,11-13H2,1-2H3/t14-,16+/m0/s1. The first-order valence-electron chi connectivity index (χ1n) is 8.88. The van der Waals surface area contributed by atoms with Gasteiger partial charge in [0.1, 0.15) is 11.5 Å². The van der Waals surface area contributed by atoms with Crippen LogP contribution in [0.4, 0.5) is 0 Å². The maximum absolute atomic E-state index is 13.0. The fourth-order valence-corrected chi connectivity index (χ4v) is 4.09. The van der Waals surface area contributed by atoms with Crippen molar-refractivity contribution in [3.63, 3.8) is 0 Å². The number of rotatable bonds is 3. The van der Waals surface area contributed by atoms with Crippen molar-refractivity contribution in [2.45, 2.75) is 18.9 Å². The molecule has 25 heavy (non-hydrogen) atoms. The van der Waals surface area contributed by atoms with E-state index in [0.717, 1.165) is 37.4 Å². The summed E-state index contributed by atoms with van der Waals surface area (Å²) in [5, 5.41) is 0. The van der Waals surface area contributed by atoms with Gasteiger partial charge in [-0.25, -0.2) is 0 Å². The van der Waals surface area contributed by atoms with Gasteiger partial charge in [-0.1, -0.05) is 12.1 Å². The maximum atomic E-state index is 13.0. The zero-order valence-corrected chi connectivity index (χ0v) is 14.8. The van der Waals surface area contributed by atoms with Crippen LogP contribution in [-0.4, -0.2) is 55.5 Å². The van der Waals surface area contributed by atoms with Gasteiger partial charge in [0, 0.05) is 31.2 Å². The highest BCUT2D eigenvalue weighted by Gasteiger charge is 2.37. The monoisotopic (exact) mass is 340 g/mol. The molecule has 1 aromatic carbocycles. The summed E-state index contributed by atoms with van der Waals surface area (Å²) >= 11 is 0. The number of hydrogen-bond acceptors (Lipinski definition) is 4. The Balaban J connectivity index is 1.56. The minimum absolute atomic E-state index is 0.0131. The van der Waals surface area contributed by atoms with E-state index in [-0.39, 0.29) is 5.91 Å². The van der Waals surface area contributed by atoms with Gasteiger partial charge in [-0.3, -0.25) is 4.79 Å². The Bertz CT molecular complexity index is 770. The average molecular weight is 340 g/mol. The fourth-order valence-electron chi connectivity index (χ4n) is 4.09. The van der Waals surface area contributed by atoms with Crippen LogP contribution >= 0.6 is 0 Å². The summed E-state index contributed by atoms with van der Waals surface area (Å²) in [5.41, 5.74) is 0.913. The first-order chi connectivity index (χ1) is 12.1. The van der Waals surface area contributed by atoms with Crippen molar-refractivity contribution >= 4 is 5.91 Å². The number of fused-ring (bicyclic) bond motifs is 4. The molecule has 2 aromatic rings. The number of piperidine rings is 1. The van der Waals surface area contributed by atoms with Crippen LogP contribution in [0.1, 0.15) is 23.4 Å². The van der Waals surface area contributed by atoms with Crippen molar-refractivity contribution in [1.82, 2.24) is 9.80 Å². The first-order valence-corrected chi connectivity index (χ1v) is 8.88. The summed E-state index contributed by atoms with van der Waals surface area (Å²) in [5.74, 6) is 2.47. The van der Waals surface area contributed by atoms with Crippen molar-refractivity contribution in [3.8, 4) is 17.1 Å². The molecule has 2 bridgehead atoms. The van der Waals surface area contributed by atoms with Gasteiger partial charge in [0.05, 0.1) is 7.11 Å². The summed E-state index contributed by atoms with van der Waals surface area (Å²) < 4.78 is 11.2. The molecule has 5 heteroatoms. The van der Waals surface area contributed by atoms with Gasteiger partial charge in [-0.2, -0.15) is 0 Å². The second-order valence-corrected chi connectivity index (χ2v) is 7.17. The molecule has 3 aliphatic heterocycles. The van der Waals surface area contributed by atoms with Gasteiger partial charge in [0.2, 0.25) is 0 Å². The Morgan fingerprint density at radius 2 is 2.04 bits per heavy atom. The Labute approximate surface area is 148 Å². The number of amides is 1. The van der Waals surface area contributed by atoms with Gasteiger partial charge in [0.25, 0.3) is 5.91 Å². The van der Waals surface area contributed by atoms with E-state index in [0.29, 0.717) is 23.5 Å². The van der Waals surface area contributed by atoms with Crippen LogP contribution in [0, 0.1) is 5.92 Å². The van der Waals surface area contributed by atoms with E-state index in [1.54, 1.807) is 13.2 Å². The van der Waals surface area contributed by atoms with E-state index in [4.69, 9.17) is 9.15 Å². The predicted octanol–water partition coefficient (Wildman–Crippen LogP) is 3.12. The molecule has 2 atom stereocenters. The van der Waals surface area contributed by atoms with Gasteiger partial charge >= 0.3 is 0 Å². The van der Waals surface area contributed by atoms with Gasteiger partial charge in [0.15, 0.2) is 5.76 Å². The molecule has 0 radical (unpaired) electrons. The molecule has 0 saturated carbocycles. The number of furan rings is 1. The van der Waals surface area contributed by atoms with Crippen molar-refractivity contribution in [1.29, 1.82) is 0 Å². The smallest absolute Gasteiger partial charge is 0.289 e. The fraction of sp³-hybridized carbons (Fsp3) is 0.450. The molecule has 4 heterocycles. The number of methoxy groups -OCH3 is 1. The molecule has 1 amide bonds. The van der Waals surface area contributed by atoms with E-state index >= 15 is 0 Å². The molecule has 0 aliphatic carbocycles. The molecule has 0 spiro atoms. The summed E-state index contributed by atoms with van der Waals surface area (Å²) in [4.78, 5) is 17.4. The minimum Gasteiger partial charge on any atom is -0.497 e. The molecule has 3 fully saturated rings. The largest absolute Gasteiger partial charge is 0.497 e. The van der Waals surface area contributed by atoms with Crippen molar-refractivity contribution < 1.29 is 13.9 Å². The molecule has 0 N–H and O–H groups in total. The van der Waals surface area contributed by atoms with Crippen LogP contribution in [0.15, 0.2) is 40.8 Å². The third-order valence-corrected chi connectivity index (χ3v) is 5.33. The van der Waals surface area contributed by atoms with Crippen LogP contribution < -0.4 is 4.74 Å². The quantitative estimate of drug-likeness (QED) is 0.861. The lowest BCUT2D eigenvalue weighted by Crippen LogP contribution is -2.47. The van der Waals surface area contributed by atoms with Crippen LogP contribution in [0.5, 0.6) is 5.75 Å². The summed E-state index contributed by atoms with van der Waals surface area (Å²) in [6.45, 7) is 2.86. The van der Waals surface area contributed by atoms with E-state index in [1.165, 1.54) is 6.42 Å².